The van der Waals surface area contributed by atoms with Crippen molar-refractivity contribution in [3.63, 3.8) is 0 Å². The molecule has 55 heavy (non-hydrogen) atoms. The van der Waals surface area contributed by atoms with Gasteiger partial charge >= 0.3 is 0 Å². The molecule has 0 aliphatic heterocycles. The number of pyridine rings is 1. The molecule has 268 valence electrons. The number of hydrogen-bond donors (Lipinski definition) is 0. The lowest BCUT2D eigenvalue weighted by Crippen LogP contribution is -2.04. The second-order valence-corrected chi connectivity index (χ2v) is 18.4. The van der Waals surface area contributed by atoms with Crippen LogP contribution in [0.15, 0.2) is 150 Å². The van der Waals surface area contributed by atoms with Gasteiger partial charge in [0.25, 0.3) is 0 Å². The molecule has 0 aliphatic rings. The Morgan fingerprint density at radius 3 is 1.64 bits per heavy atom. The van der Waals surface area contributed by atoms with Crippen molar-refractivity contribution in [2.24, 2.45) is 0 Å². The summed E-state index contributed by atoms with van der Waals surface area (Å²) in [5.74, 6) is 0.390. The minimum absolute atomic E-state index is 0.0589. The zero-order valence-corrected chi connectivity index (χ0v) is 31.4. The van der Waals surface area contributed by atoms with Crippen molar-refractivity contribution < 1.29 is 16.8 Å². The third-order valence-corrected chi connectivity index (χ3v) is 12.4. The van der Waals surface area contributed by atoms with Gasteiger partial charge in [0.1, 0.15) is 0 Å². The molecule has 8 nitrogen and oxygen atoms in total. The van der Waals surface area contributed by atoms with Crippen LogP contribution in [0.25, 0.3) is 88.4 Å². The molecule has 0 amide bonds. The van der Waals surface area contributed by atoms with Crippen LogP contribution in [0.2, 0.25) is 0 Å². The Morgan fingerprint density at radius 1 is 0.491 bits per heavy atom. The number of sulfone groups is 2. The Morgan fingerprint density at radius 2 is 1.02 bits per heavy atom. The van der Waals surface area contributed by atoms with Gasteiger partial charge in [0.15, 0.2) is 19.7 Å². The zero-order chi connectivity index (χ0) is 37.6. The smallest absolute Gasteiger partial charge is 0.235 e. The molecule has 0 aliphatic carbocycles. The highest BCUT2D eigenvalue weighted by atomic mass is 32.2. The minimum Gasteiger partial charge on any atom is -0.309 e. The van der Waals surface area contributed by atoms with Crippen molar-refractivity contribution in [1.82, 2.24) is 18.9 Å². The molecule has 0 unspecified atom stereocenters. The normalized spacial score (nSPS) is 12.5. The van der Waals surface area contributed by atoms with E-state index >= 15 is 0 Å². The van der Waals surface area contributed by atoms with E-state index in [1.807, 2.05) is 30.3 Å². The van der Waals surface area contributed by atoms with E-state index in [2.05, 4.69) is 87.8 Å². The molecule has 10 rings (SSSR count). The number of benzene rings is 6. The van der Waals surface area contributed by atoms with Gasteiger partial charge in [-0.2, -0.15) is 0 Å². The highest BCUT2D eigenvalue weighted by molar-refractivity contribution is 7.90. The number of fused-ring (bicyclic) bond motifs is 11. The van der Waals surface area contributed by atoms with Crippen LogP contribution in [-0.2, 0) is 25.4 Å². The third-order valence-electron chi connectivity index (χ3n) is 10.4. The third kappa shape index (κ3) is 5.56. The molecule has 4 heterocycles. The largest absolute Gasteiger partial charge is 0.309 e. The monoisotopic (exact) mass is 756 g/mol. The predicted molar refractivity (Wildman–Crippen MR) is 222 cm³/mol. The van der Waals surface area contributed by atoms with Crippen molar-refractivity contribution in [2.75, 3.05) is 12.5 Å². The first kappa shape index (κ1) is 33.2. The molecule has 0 bridgehead atoms. The molecule has 6 aromatic carbocycles. The molecule has 0 N–H and O–H groups in total. The first-order valence-corrected chi connectivity index (χ1v) is 21.7. The van der Waals surface area contributed by atoms with Crippen molar-refractivity contribution in [2.45, 2.75) is 10.6 Å². The van der Waals surface area contributed by atoms with E-state index in [1.165, 1.54) is 28.7 Å². The maximum Gasteiger partial charge on any atom is 0.235 e. The van der Waals surface area contributed by atoms with Gasteiger partial charge in [-0.25, -0.2) is 26.8 Å². The molecule has 0 saturated carbocycles. The topological polar surface area (TPSA) is 103 Å². The molecule has 10 heteroatoms. The van der Waals surface area contributed by atoms with Crippen LogP contribution in [0.5, 0.6) is 0 Å². The van der Waals surface area contributed by atoms with E-state index in [4.69, 9.17) is 9.97 Å². The molecule has 0 saturated heterocycles. The Hall–Kier alpha value is -6.36. The molecular weight excluding hydrogens is 725 g/mol. The summed E-state index contributed by atoms with van der Waals surface area (Å²) in [5, 5.41) is 6.76. The Balaban J connectivity index is 1.25. The number of para-hydroxylation sites is 2. The lowest BCUT2D eigenvalue weighted by atomic mass is 10.1. The molecule has 0 spiro atoms. The lowest BCUT2D eigenvalue weighted by molar-refractivity contribution is 0.599. The summed E-state index contributed by atoms with van der Waals surface area (Å²) < 4.78 is 53.1. The van der Waals surface area contributed by atoms with Gasteiger partial charge in [-0.15, -0.1) is 0 Å². The summed E-state index contributed by atoms with van der Waals surface area (Å²) in [6, 6.07) is 48.0. The highest BCUT2D eigenvalue weighted by Crippen LogP contribution is 2.39. The number of aromatic nitrogens is 4. The second kappa shape index (κ2) is 12.1. The quantitative estimate of drug-likeness (QED) is 0.157. The summed E-state index contributed by atoms with van der Waals surface area (Å²) in [7, 11) is -6.61. The molecule has 0 atom stereocenters. The average molecular weight is 757 g/mol. The van der Waals surface area contributed by atoms with Crippen LogP contribution >= 0.6 is 0 Å². The fourth-order valence-corrected chi connectivity index (χ4v) is 9.39. The van der Waals surface area contributed by atoms with E-state index in [0.29, 0.717) is 22.9 Å². The minimum atomic E-state index is -3.40. The standard InChI is InChI=1S/C45H32N4O4S2/c1-54(50,51)27-28-15-17-29(18-16-28)38-26-39(30-19-21-32(22-20-30)55(2,52)53)47-45(46-38)49-41-14-8-6-12-36(41)37-25-42-31(24-44(37)49)23-43-35-11-4-3-9-33(35)34-10-5-7-13-40(34)48(42)43/h3-26H,27H2,1-2H3. The number of hydrogen-bond acceptors (Lipinski definition) is 6. The Labute approximate surface area is 316 Å². The number of nitrogens with zero attached hydrogens (tertiary/aromatic N) is 4. The maximum absolute atomic E-state index is 12.3. The molecule has 10 aromatic rings. The van der Waals surface area contributed by atoms with Crippen LogP contribution in [0.4, 0.5) is 0 Å². The van der Waals surface area contributed by atoms with Gasteiger partial charge in [-0.05, 0) is 59.5 Å². The Kier molecular flexibility index (Phi) is 7.29. The summed E-state index contributed by atoms with van der Waals surface area (Å²) in [6.07, 6.45) is 2.41. The van der Waals surface area contributed by atoms with Gasteiger partial charge in [0, 0.05) is 50.6 Å². The fraction of sp³-hybridized carbons (Fsp3) is 0.0667. The van der Waals surface area contributed by atoms with E-state index < -0.39 is 19.7 Å². The van der Waals surface area contributed by atoms with E-state index in [1.54, 1.807) is 36.4 Å². The summed E-state index contributed by atoms with van der Waals surface area (Å²) >= 11 is 0. The van der Waals surface area contributed by atoms with Gasteiger partial charge in [0.2, 0.25) is 5.95 Å². The first-order valence-electron chi connectivity index (χ1n) is 17.7. The van der Waals surface area contributed by atoms with Gasteiger partial charge in [-0.1, -0.05) is 97.1 Å². The maximum atomic E-state index is 12.3. The van der Waals surface area contributed by atoms with Crippen LogP contribution in [0.3, 0.4) is 0 Å². The van der Waals surface area contributed by atoms with Crippen LogP contribution in [-0.4, -0.2) is 48.3 Å². The van der Waals surface area contributed by atoms with Gasteiger partial charge in [0.05, 0.1) is 49.6 Å². The number of rotatable bonds is 6. The highest BCUT2D eigenvalue weighted by Gasteiger charge is 2.20. The molecule has 0 fully saturated rings. The van der Waals surface area contributed by atoms with Crippen molar-refractivity contribution in [1.29, 1.82) is 0 Å². The van der Waals surface area contributed by atoms with Crippen LogP contribution in [0, 0.1) is 0 Å². The van der Waals surface area contributed by atoms with Gasteiger partial charge < -0.3 is 4.40 Å². The molecule has 4 aromatic heterocycles. The van der Waals surface area contributed by atoms with Crippen molar-refractivity contribution >= 4 is 79.6 Å². The second-order valence-electron chi connectivity index (χ2n) is 14.2. The van der Waals surface area contributed by atoms with Crippen LogP contribution in [0.1, 0.15) is 5.56 Å². The lowest BCUT2D eigenvalue weighted by Gasteiger charge is -2.12. The SMILES string of the molecule is CS(=O)(=O)Cc1ccc(-c2cc(-c3ccc(S(C)(=O)=O)cc3)nc(-n3c4ccccc4c4cc5c(cc43)cc3c4ccccc4c4ccccc4n53)n2)cc1. The Bertz CT molecular complexity index is 3440. The van der Waals surface area contributed by atoms with E-state index in [9.17, 15) is 16.8 Å². The average Bonchev–Trinajstić information content (AvgIpc) is 3.72. The van der Waals surface area contributed by atoms with Crippen molar-refractivity contribution in [3.05, 3.63) is 151 Å². The van der Waals surface area contributed by atoms with E-state index in [0.717, 1.165) is 54.9 Å². The predicted octanol–water partition coefficient (Wildman–Crippen LogP) is 9.57. The zero-order valence-electron chi connectivity index (χ0n) is 29.8. The molecular formula is C45H32N4O4S2. The van der Waals surface area contributed by atoms with Gasteiger partial charge in [-0.3, -0.25) is 4.57 Å². The fourth-order valence-electron chi connectivity index (χ4n) is 7.96. The van der Waals surface area contributed by atoms with E-state index in [-0.39, 0.29) is 10.6 Å². The first-order chi connectivity index (χ1) is 26.5. The van der Waals surface area contributed by atoms with Crippen LogP contribution < -0.4 is 0 Å². The summed E-state index contributed by atoms with van der Waals surface area (Å²) in [4.78, 5) is 10.5. The van der Waals surface area contributed by atoms with Crippen molar-refractivity contribution in [3.8, 4) is 28.5 Å². The summed E-state index contributed by atoms with van der Waals surface area (Å²) in [5.41, 5.74) is 8.70. The summed E-state index contributed by atoms with van der Waals surface area (Å²) in [6.45, 7) is 0. The molecule has 0 radical (unpaired) electrons.